The lowest BCUT2D eigenvalue weighted by Gasteiger charge is -2.30. The van der Waals surface area contributed by atoms with E-state index in [2.05, 4.69) is 5.32 Å². The normalized spacial score (nSPS) is 13.3. The average Bonchev–Trinajstić information content (AvgIpc) is 2.71. The molecule has 0 heterocycles. The monoisotopic (exact) mass is 476 g/mol. The van der Waals surface area contributed by atoms with E-state index in [0.29, 0.717) is 43.5 Å². The quantitative estimate of drug-likeness (QED) is 0.316. The van der Waals surface area contributed by atoms with E-state index in [1.165, 1.54) is 0 Å². The lowest BCUT2D eigenvalue weighted by Crippen LogP contribution is -2.44. The van der Waals surface area contributed by atoms with Crippen LogP contribution in [0.3, 0.4) is 0 Å². The van der Waals surface area contributed by atoms with Crippen LogP contribution < -0.4 is 11.1 Å². The Morgan fingerprint density at radius 3 is 2.00 bits per heavy atom. The molecule has 192 valence electrons. The fourth-order valence-electron chi connectivity index (χ4n) is 3.37. The highest BCUT2D eigenvalue weighted by Gasteiger charge is 2.26. The van der Waals surface area contributed by atoms with Crippen molar-refractivity contribution in [3.63, 3.8) is 0 Å². The molecule has 0 spiro atoms. The Bertz CT molecular complexity index is 818. The third kappa shape index (κ3) is 10.8. The number of amides is 1. The Labute approximate surface area is 205 Å². The molecule has 34 heavy (non-hydrogen) atoms. The van der Waals surface area contributed by atoms with Crippen LogP contribution in [-0.4, -0.2) is 47.6 Å². The predicted octanol–water partition coefficient (Wildman–Crippen LogP) is 4.67. The number of hydrogen-bond donors (Lipinski definition) is 2. The maximum absolute atomic E-state index is 12.7. The van der Waals surface area contributed by atoms with Crippen molar-refractivity contribution in [2.45, 2.75) is 97.8 Å². The summed E-state index contributed by atoms with van der Waals surface area (Å²) in [6.45, 7) is 16.0. The lowest BCUT2D eigenvalue weighted by molar-refractivity contribution is -0.156. The number of carbonyl (C=O) groups excluding carboxylic acids is 3. The van der Waals surface area contributed by atoms with Gasteiger partial charge in [0.1, 0.15) is 5.60 Å². The zero-order valence-corrected chi connectivity index (χ0v) is 22.2. The topological polar surface area (TPSA) is 108 Å². The fraction of sp³-hybridized carbons (Fsp3) is 0.667. The summed E-state index contributed by atoms with van der Waals surface area (Å²) in [6, 6.07) is 6.69. The van der Waals surface area contributed by atoms with Gasteiger partial charge >= 0.3 is 5.97 Å². The predicted molar refractivity (Wildman–Crippen MR) is 135 cm³/mol. The molecule has 7 heteroatoms. The SMILES string of the molecule is CCC(CN)C(=O)c1ccc(C(=O)NC(C)(C)CCOC(C)(C)CCC(=O)OC(C)(C)C)cc1. The minimum atomic E-state index is -0.500. The number of esters is 1. The molecule has 1 rings (SSSR count). The molecule has 0 saturated heterocycles. The summed E-state index contributed by atoms with van der Waals surface area (Å²) in [5, 5.41) is 3.03. The summed E-state index contributed by atoms with van der Waals surface area (Å²) in [5.41, 5.74) is 5.24. The minimum Gasteiger partial charge on any atom is -0.460 e. The number of ketones is 1. The molecule has 0 aromatic heterocycles. The first-order valence-electron chi connectivity index (χ1n) is 12.1. The van der Waals surface area contributed by atoms with Gasteiger partial charge in [0, 0.05) is 42.2 Å². The fourth-order valence-corrected chi connectivity index (χ4v) is 3.37. The Hall–Kier alpha value is -2.25. The van der Waals surface area contributed by atoms with E-state index >= 15 is 0 Å². The van der Waals surface area contributed by atoms with Crippen LogP contribution in [0.25, 0.3) is 0 Å². The van der Waals surface area contributed by atoms with Crippen LogP contribution in [0.2, 0.25) is 0 Å². The second kappa shape index (κ2) is 12.5. The number of nitrogens with two attached hydrogens (primary N) is 1. The van der Waals surface area contributed by atoms with Crippen LogP contribution in [0.1, 0.15) is 102 Å². The van der Waals surface area contributed by atoms with E-state index in [-0.39, 0.29) is 30.0 Å². The molecule has 3 N–H and O–H groups in total. The van der Waals surface area contributed by atoms with E-state index in [1.807, 2.05) is 55.4 Å². The Balaban J connectivity index is 2.56. The van der Waals surface area contributed by atoms with E-state index in [9.17, 15) is 14.4 Å². The number of benzene rings is 1. The van der Waals surface area contributed by atoms with Gasteiger partial charge in [-0.2, -0.15) is 0 Å². The first kappa shape index (κ1) is 29.8. The van der Waals surface area contributed by atoms with E-state index in [0.717, 1.165) is 0 Å². The van der Waals surface area contributed by atoms with E-state index in [4.69, 9.17) is 15.2 Å². The molecule has 0 aliphatic rings. The third-order valence-corrected chi connectivity index (χ3v) is 5.60. The molecular formula is C27H44N2O5. The van der Waals surface area contributed by atoms with Gasteiger partial charge in [-0.3, -0.25) is 14.4 Å². The molecule has 1 amide bonds. The number of rotatable bonds is 13. The number of ether oxygens (including phenoxy) is 2. The molecule has 1 aromatic rings. The van der Waals surface area contributed by atoms with Gasteiger partial charge in [-0.25, -0.2) is 0 Å². The summed E-state index contributed by atoms with van der Waals surface area (Å²) in [5.74, 6) is -0.646. The van der Waals surface area contributed by atoms with Crippen molar-refractivity contribution in [2.24, 2.45) is 11.7 Å². The van der Waals surface area contributed by atoms with Crippen molar-refractivity contribution in [2.75, 3.05) is 13.2 Å². The largest absolute Gasteiger partial charge is 0.460 e. The Kier molecular flexibility index (Phi) is 10.9. The summed E-state index contributed by atoms with van der Waals surface area (Å²) in [4.78, 5) is 37.1. The Morgan fingerprint density at radius 2 is 1.50 bits per heavy atom. The molecule has 0 aliphatic heterocycles. The van der Waals surface area contributed by atoms with Gasteiger partial charge in [-0.05, 0) is 79.9 Å². The van der Waals surface area contributed by atoms with Crippen LogP contribution in [0.5, 0.6) is 0 Å². The van der Waals surface area contributed by atoms with Crippen molar-refractivity contribution < 1.29 is 23.9 Å². The van der Waals surface area contributed by atoms with Crippen molar-refractivity contribution in [3.8, 4) is 0 Å². The van der Waals surface area contributed by atoms with Crippen molar-refractivity contribution in [1.29, 1.82) is 0 Å². The van der Waals surface area contributed by atoms with Gasteiger partial charge in [0.25, 0.3) is 5.91 Å². The summed E-state index contributed by atoms with van der Waals surface area (Å²) in [6.07, 6.45) is 2.11. The van der Waals surface area contributed by atoms with Crippen LogP contribution >= 0.6 is 0 Å². The van der Waals surface area contributed by atoms with Gasteiger partial charge in [0.2, 0.25) is 0 Å². The van der Waals surface area contributed by atoms with E-state index < -0.39 is 16.7 Å². The standard InChI is InChI=1S/C27H44N2O5/c1-9-19(18-28)23(31)20-10-12-21(13-11-20)24(32)29-26(5,6)16-17-33-27(7,8)15-14-22(30)34-25(2,3)4/h10-13,19H,9,14-18,28H2,1-8H3,(H,29,32). The number of nitrogens with one attached hydrogen (secondary N) is 1. The zero-order valence-electron chi connectivity index (χ0n) is 22.2. The van der Waals surface area contributed by atoms with Crippen LogP contribution in [0, 0.1) is 5.92 Å². The highest BCUT2D eigenvalue weighted by Crippen LogP contribution is 2.21. The molecule has 1 aromatic carbocycles. The highest BCUT2D eigenvalue weighted by molar-refractivity contribution is 6.00. The van der Waals surface area contributed by atoms with E-state index in [1.54, 1.807) is 24.3 Å². The summed E-state index contributed by atoms with van der Waals surface area (Å²) < 4.78 is 11.4. The molecule has 1 unspecified atom stereocenters. The molecular weight excluding hydrogens is 432 g/mol. The first-order valence-corrected chi connectivity index (χ1v) is 12.1. The zero-order chi connectivity index (χ0) is 26.2. The van der Waals surface area contributed by atoms with Crippen LogP contribution in [-0.2, 0) is 14.3 Å². The maximum Gasteiger partial charge on any atom is 0.306 e. The maximum atomic E-state index is 12.7. The van der Waals surface area contributed by atoms with Gasteiger partial charge < -0.3 is 20.5 Å². The molecule has 0 bridgehead atoms. The van der Waals surface area contributed by atoms with Gasteiger partial charge in [-0.1, -0.05) is 19.1 Å². The molecule has 0 fully saturated rings. The van der Waals surface area contributed by atoms with Crippen LogP contribution in [0.15, 0.2) is 24.3 Å². The number of carbonyl (C=O) groups is 3. The second-order valence-electron chi connectivity index (χ2n) is 11.1. The van der Waals surface area contributed by atoms with Crippen molar-refractivity contribution in [1.82, 2.24) is 5.32 Å². The summed E-state index contributed by atoms with van der Waals surface area (Å²) in [7, 11) is 0. The Morgan fingerprint density at radius 1 is 0.941 bits per heavy atom. The van der Waals surface area contributed by atoms with Crippen molar-refractivity contribution >= 4 is 17.7 Å². The smallest absolute Gasteiger partial charge is 0.306 e. The van der Waals surface area contributed by atoms with Gasteiger partial charge in [-0.15, -0.1) is 0 Å². The lowest BCUT2D eigenvalue weighted by atomic mass is 9.94. The number of hydrogen-bond acceptors (Lipinski definition) is 6. The third-order valence-electron chi connectivity index (χ3n) is 5.60. The molecule has 1 atom stereocenters. The first-order chi connectivity index (χ1) is 15.6. The average molecular weight is 477 g/mol. The van der Waals surface area contributed by atoms with Crippen molar-refractivity contribution in [3.05, 3.63) is 35.4 Å². The second-order valence-corrected chi connectivity index (χ2v) is 11.1. The molecule has 0 aliphatic carbocycles. The summed E-state index contributed by atoms with van der Waals surface area (Å²) >= 11 is 0. The highest BCUT2D eigenvalue weighted by atomic mass is 16.6. The molecule has 7 nitrogen and oxygen atoms in total. The molecule has 0 saturated carbocycles. The van der Waals surface area contributed by atoms with Gasteiger partial charge in [0.05, 0.1) is 5.60 Å². The number of Topliss-reactive ketones (excluding diaryl/α,β-unsaturated/α-hetero) is 1. The minimum absolute atomic E-state index is 0.00344. The van der Waals surface area contributed by atoms with Crippen LogP contribution in [0.4, 0.5) is 0 Å². The van der Waals surface area contributed by atoms with Gasteiger partial charge in [0.15, 0.2) is 5.78 Å². The molecule has 0 radical (unpaired) electrons.